The third kappa shape index (κ3) is 2.27. The van der Waals surface area contributed by atoms with E-state index in [0.717, 1.165) is 19.2 Å². The molecular weight excluding hydrogens is 316 g/mol. The van der Waals surface area contributed by atoms with E-state index >= 15 is 0 Å². The van der Waals surface area contributed by atoms with Crippen molar-refractivity contribution >= 4 is 50.2 Å². The van der Waals surface area contributed by atoms with E-state index in [9.17, 15) is 0 Å². The summed E-state index contributed by atoms with van der Waals surface area (Å²) in [5.41, 5.74) is 2.79. The van der Waals surface area contributed by atoms with Gasteiger partial charge in [0.2, 0.25) is 0 Å². The maximum Gasteiger partial charge on any atom is 0.0920 e. The Morgan fingerprint density at radius 2 is 1.93 bits per heavy atom. The molecule has 2 aromatic rings. The van der Waals surface area contributed by atoms with Crippen LogP contribution in [0.15, 0.2) is 27.4 Å². The highest BCUT2D eigenvalue weighted by Crippen LogP contribution is 2.37. The second kappa shape index (κ2) is 4.95. The highest BCUT2D eigenvalue weighted by molar-refractivity contribution is 9.10. The molecule has 2 heterocycles. The van der Waals surface area contributed by atoms with Gasteiger partial charge in [0.05, 0.1) is 11.1 Å². The van der Waals surface area contributed by atoms with E-state index in [-0.39, 0.29) is 6.04 Å². The first-order valence-corrected chi connectivity index (χ1v) is 7.09. The summed E-state index contributed by atoms with van der Waals surface area (Å²) < 4.78 is 1.06. The van der Waals surface area contributed by atoms with Gasteiger partial charge in [-0.3, -0.25) is 5.84 Å². The second-order valence-corrected chi connectivity index (χ2v) is 6.02. The van der Waals surface area contributed by atoms with Crippen LogP contribution in [0.5, 0.6) is 0 Å². The zero-order valence-corrected chi connectivity index (χ0v) is 11.5. The molecule has 0 aromatic carbocycles. The fourth-order valence-corrected chi connectivity index (χ4v) is 4.27. The van der Waals surface area contributed by atoms with Crippen molar-refractivity contribution in [2.24, 2.45) is 5.84 Å². The van der Waals surface area contributed by atoms with Gasteiger partial charge >= 0.3 is 0 Å². The lowest BCUT2D eigenvalue weighted by atomic mass is 10.2. The van der Waals surface area contributed by atoms with E-state index in [1.54, 1.807) is 22.7 Å². The molecule has 1 unspecified atom stereocenters. The summed E-state index contributed by atoms with van der Waals surface area (Å²) in [7, 11) is 0. The van der Waals surface area contributed by atoms with Gasteiger partial charge in [0.1, 0.15) is 0 Å². The third-order valence-electron chi connectivity index (χ3n) is 1.98. The second-order valence-electron chi connectivity index (χ2n) is 2.87. The molecule has 0 bridgehead atoms. The van der Waals surface area contributed by atoms with E-state index in [2.05, 4.69) is 21.4 Å². The molecule has 6 heteroatoms. The summed E-state index contributed by atoms with van der Waals surface area (Å²) in [6.07, 6.45) is 0. The molecule has 0 aliphatic heterocycles. The van der Waals surface area contributed by atoms with Crippen LogP contribution in [0.2, 0.25) is 5.02 Å². The zero-order chi connectivity index (χ0) is 10.8. The Bertz CT molecular complexity index is 414. The minimum Gasteiger partial charge on any atom is -0.271 e. The van der Waals surface area contributed by atoms with Crippen LogP contribution in [-0.4, -0.2) is 0 Å². The van der Waals surface area contributed by atoms with Crippen LogP contribution in [0.3, 0.4) is 0 Å². The molecule has 2 rings (SSSR count). The predicted molar refractivity (Wildman–Crippen MR) is 70.5 cm³/mol. The van der Waals surface area contributed by atoms with E-state index in [4.69, 9.17) is 17.4 Å². The molecule has 0 saturated carbocycles. The van der Waals surface area contributed by atoms with Gasteiger partial charge in [-0.1, -0.05) is 11.6 Å². The Balaban J connectivity index is 2.41. The Labute approximate surface area is 109 Å². The average Bonchev–Trinajstić information content (AvgIpc) is 2.80. The SMILES string of the molecule is NNC(c1sccc1Cl)c1sccc1Br. The summed E-state index contributed by atoms with van der Waals surface area (Å²) in [4.78, 5) is 2.18. The lowest BCUT2D eigenvalue weighted by molar-refractivity contribution is 0.654. The first-order chi connectivity index (χ1) is 7.24. The minimum atomic E-state index is -0.0353. The lowest BCUT2D eigenvalue weighted by Crippen LogP contribution is -2.27. The van der Waals surface area contributed by atoms with E-state index in [0.29, 0.717) is 0 Å². The van der Waals surface area contributed by atoms with Gasteiger partial charge in [-0.15, -0.1) is 22.7 Å². The van der Waals surface area contributed by atoms with Crippen LogP contribution in [0.25, 0.3) is 0 Å². The van der Waals surface area contributed by atoms with Gasteiger partial charge in [0, 0.05) is 14.2 Å². The van der Waals surface area contributed by atoms with Gasteiger partial charge in [0.15, 0.2) is 0 Å². The number of hydrazine groups is 1. The first-order valence-electron chi connectivity index (χ1n) is 4.16. The molecule has 0 amide bonds. The molecule has 0 spiro atoms. The highest BCUT2D eigenvalue weighted by atomic mass is 79.9. The van der Waals surface area contributed by atoms with Crippen LogP contribution in [-0.2, 0) is 0 Å². The molecular formula is C9H8BrClN2S2. The summed E-state index contributed by atoms with van der Waals surface area (Å²) >= 11 is 12.8. The van der Waals surface area contributed by atoms with Gasteiger partial charge < -0.3 is 0 Å². The zero-order valence-electron chi connectivity index (χ0n) is 7.54. The number of nitrogens with two attached hydrogens (primary N) is 1. The van der Waals surface area contributed by atoms with Crippen LogP contribution in [0, 0.1) is 0 Å². The van der Waals surface area contributed by atoms with Gasteiger partial charge in [-0.25, -0.2) is 5.43 Å². The van der Waals surface area contributed by atoms with Crippen molar-refractivity contribution in [3.05, 3.63) is 42.1 Å². The van der Waals surface area contributed by atoms with Crippen molar-refractivity contribution < 1.29 is 0 Å². The Kier molecular flexibility index (Phi) is 3.82. The number of halogens is 2. The maximum absolute atomic E-state index is 6.09. The molecule has 2 nitrogen and oxygen atoms in total. The summed E-state index contributed by atoms with van der Waals surface area (Å²) in [5.74, 6) is 5.58. The number of hydrogen-bond donors (Lipinski definition) is 2. The molecule has 3 N–H and O–H groups in total. The van der Waals surface area contributed by atoms with E-state index in [1.807, 2.05) is 22.9 Å². The van der Waals surface area contributed by atoms with Gasteiger partial charge in [0.25, 0.3) is 0 Å². The van der Waals surface area contributed by atoms with Gasteiger partial charge in [-0.05, 0) is 38.8 Å². The normalized spacial score (nSPS) is 13.0. The number of nitrogens with one attached hydrogen (secondary N) is 1. The lowest BCUT2D eigenvalue weighted by Gasteiger charge is -2.13. The summed E-state index contributed by atoms with van der Waals surface area (Å²) in [5, 5.41) is 4.73. The molecule has 0 saturated heterocycles. The molecule has 0 fully saturated rings. The molecule has 0 radical (unpaired) electrons. The van der Waals surface area contributed by atoms with Crippen LogP contribution < -0.4 is 11.3 Å². The Morgan fingerprint density at radius 3 is 2.40 bits per heavy atom. The quantitative estimate of drug-likeness (QED) is 0.666. The van der Waals surface area contributed by atoms with E-state index < -0.39 is 0 Å². The van der Waals surface area contributed by atoms with Crippen molar-refractivity contribution in [1.82, 2.24) is 5.43 Å². The average molecular weight is 324 g/mol. The fourth-order valence-electron chi connectivity index (χ4n) is 1.29. The predicted octanol–water partition coefficient (Wildman–Crippen LogP) is 3.78. The number of hydrogen-bond acceptors (Lipinski definition) is 4. The Hall–Kier alpha value is 0.0900. The van der Waals surface area contributed by atoms with Crippen molar-refractivity contribution in [2.75, 3.05) is 0 Å². The van der Waals surface area contributed by atoms with Crippen molar-refractivity contribution in [1.29, 1.82) is 0 Å². The van der Waals surface area contributed by atoms with Crippen LogP contribution in [0.4, 0.5) is 0 Å². The standard InChI is InChI=1S/C9H8BrClN2S2/c10-5-1-3-14-8(5)7(13-12)9-6(11)2-4-15-9/h1-4,7,13H,12H2. The molecule has 0 aliphatic carbocycles. The van der Waals surface area contributed by atoms with Crippen LogP contribution >= 0.6 is 50.2 Å². The molecule has 80 valence electrons. The van der Waals surface area contributed by atoms with Crippen molar-refractivity contribution in [3.63, 3.8) is 0 Å². The third-order valence-corrected chi connectivity index (χ3v) is 5.34. The van der Waals surface area contributed by atoms with Crippen molar-refractivity contribution in [2.45, 2.75) is 6.04 Å². The first kappa shape index (κ1) is 11.6. The maximum atomic E-state index is 6.09. The smallest absolute Gasteiger partial charge is 0.0920 e. The van der Waals surface area contributed by atoms with Crippen LogP contribution in [0.1, 0.15) is 15.8 Å². The van der Waals surface area contributed by atoms with E-state index in [1.165, 1.54) is 0 Å². The molecule has 0 aliphatic rings. The molecule has 1 atom stereocenters. The Morgan fingerprint density at radius 1 is 1.27 bits per heavy atom. The molecule has 15 heavy (non-hydrogen) atoms. The van der Waals surface area contributed by atoms with Crippen molar-refractivity contribution in [3.8, 4) is 0 Å². The fraction of sp³-hybridized carbons (Fsp3) is 0.111. The monoisotopic (exact) mass is 322 g/mol. The summed E-state index contributed by atoms with van der Waals surface area (Å²) in [6, 6.07) is 3.85. The highest BCUT2D eigenvalue weighted by Gasteiger charge is 2.20. The summed E-state index contributed by atoms with van der Waals surface area (Å²) in [6.45, 7) is 0. The topological polar surface area (TPSA) is 38.0 Å². The number of thiophene rings is 2. The number of rotatable bonds is 3. The minimum absolute atomic E-state index is 0.0353. The molecule has 2 aromatic heterocycles. The largest absolute Gasteiger partial charge is 0.271 e. The van der Waals surface area contributed by atoms with Gasteiger partial charge in [-0.2, -0.15) is 0 Å².